The van der Waals surface area contributed by atoms with Gasteiger partial charge in [0.15, 0.2) is 0 Å². The number of amides is 2. The van der Waals surface area contributed by atoms with Crippen LogP contribution in [0.5, 0.6) is 0 Å². The molecule has 0 atom stereocenters. The van der Waals surface area contributed by atoms with Gasteiger partial charge in [-0.2, -0.15) is 13.2 Å². The second kappa shape index (κ2) is 7.01. The fourth-order valence-electron chi connectivity index (χ4n) is 1.14. The lowest BCUT2D eigenvalue weighted by molar-refractivity contribution is -0.122. The Bertz CT molecular complexity index is 487. The van der Waals surface area contributed by atoms with Gasteiger partial charge in [-0.1, -0.05) is 11.8 Å². The number of urea groups is 1. The van der Waals surface area contributed by atoms with Crippen molar-refractivity contribution in [3.8, 4) is 11.8 Å². The summed E-state index contributed by atoms with van der Waals surface area (Å²) < 4.78 is 35.6. The van der Waals surface area contributed by atoms with Crippen LogP contribution in [-0.4, -0.2) is 25.3 Å². The van der Waals surface area contributed by atoms with Crippen LogP contribution >= 0.6 is 11.3 Å². The third kappa shape index (κ3) is 6.13. The number of carbonyl (C=O) groups is 1. The third-order valence-electron chi connectivity index (χ3n) is 1.93. The van der Waals surface area contributed by atoms with Gasteiger partial charge >= 0.3 is 12.2 Å². The minimum atomic E-state index is -4.42. The second-order valence-electron chi connectivity index (χ2n) is 3.41. The average molecular weight is 291 g/mol. The highest BCUT2D eigenvalue weighted by Gasteiger charge is 2.27. The molecule has 1 aromatic heterocycles. The molecule has 1 aromatic rings. The Morgan fingerprint density at radius 3 is 2.79 bits per heavy atom. The summed E-state index contributed by atoms with van der Waals surface area (Å²) >= 11 is 1.36. The van der Waals surface area contributed by atoms with Gasteiger partial charge in [0.25, 0.3) is 0 Å². The Labute approximate surface area is 112 Å². The number of hydrogen-bond donors (Lipinski definition) is 3. The molecular formula is C11H12F3N3OS. The van der Waals surface area contributed by atoms with Gasteiger partial charge in [0.1, 0.15) is 6.54 Å². The maximum absolute atomic E-state index is 11.9. The number of thiophene rings is 1. The maximum Gasteiger partial charge on any atom is 0.405 e. The lowest BCUT2D eigenvalue weighted by Gasteiger charge is -2.09. The van der Waals surface area contributed by atoms with E-state index < -0.39 is 18.8 Å². The molecule has 19 heavy (non-hydrogen) atoms. The summed E-state index contributed by atoms with van der Waals surface area (Å²) in [6, 6.07) is 0.890. The Morgan fingerprint density at radius 1 is 1.42 bits per heavy atom. The van der Waals surface area contributed by atoms with Gasteiger partial charge in [0, 0.05) is 10.4 Å². The normalized spacial score (nSPS) is 10.5. The van der Waals surface area contributed by atoms with Gasteiger partial charge in [-0.15, -0.1) is 11.3 Å². The van der Waals surface area contributed by atoms with Crippen molar-refractivity contribution in [3.63, 3.8) is 0 Å². The van der Waals surface area contributed by atoms with E-state index in [0.29, 0.717) is 5.56 Å². The van der Waals surface area contributed by atoms with Crippen LogP contribution < -0.4 is 16.4 Å². The summed E-state index contributed by atoms with van der Waals surface area (Å²) in [4.78, 5) is 11.9. The number of nitrogens with two attached hydrogens (primary N) is 1. The van der Waals surface area contributed by atoms with E-state index in [2.05, 4.69) is 17.2 Å². The van der Waals surface area contributed by atoms with E-state index in [4.69, 9.17) is 5.73 Å². The maximum atomic E-state index is 11.9. The first-order chi connectivity index (χ1) is 8.92. The van der Waals surface area contributed by atoms with Crippen LogP contribution in [0, 0.1) is 11.8 Å². The van der Waals surface area contributed by atoms with Gasteiger partial charge in [0.2, 0.25) is 0 Å². The van der Waals surface area contributed by atoms with Gasteiger partial charge in [-0.25, -0.2) is 4.79 Å². The molecular weight excluding hydrogens is 279 g/mol. The standard InChI is InChI=1S/C11H12F3N3OS/c12-11(13,14)7-17-10(18)16-6-9-8(2-1-4-15)3-5-19-9/h3,5H,4,6-7,15H2,(H2,16,17,18). The predicted octanol–water partition coefficient (Wildman–Crippen LogP) is 1.42. The molecule has 0 unspecified atom stereocenters. The van der Waals surface area contributed by atoms with Crippen molar-refractivity contribution in [1.29, 1.82) is 0 Å². The third-order valence-corrected chi connectivity index (χ3v) is 2.85. The molecule has 1 heterocycles. The van der Waals surface area contributed by atoms with Gasteiger partial charge in [-0.05, 0) is 11.4 Å². The minimum absolute atomic E-state index is 0.121. The van der Waals surface area contributed by atoms with Crippen molar-refractivity contribution in [1.82, 2.24) is 10.6 Å². The van der Waals surface area contributed by atoms with E-state index in [1.54, 1.807) is 16.8 Å². The lowest BCUT2D eigenvalue weighted by Crippen LogP contribution is -2.40. The van der Waals surface area contributed by atoms with Crippen molar-refractivity contribution in [2.24, 2.45) is 5.73 Å². The van der Waals surface area contributed by atoms with Crippen molar-refractivity contribution in [2.75, 3.05) is 13.1 Å². The number of nitrogens with one attached hydrogen (secondary N) is 2. The molecule has 0 spiro atoms. The highest BCUT2D eigenvalue weighted by atomic mass is 32.1. The zero-order valence-corrected chi connectivity index (χ0v) is 10.6. The molecule has 0 radical (unpaired) electrons. The summed E-state index contributed by atoms with van der Waals surface area (Å²) in [6.07, 6.45) is -4.42. The zero-order chi connectivity index (χ0) is 14.3. The van der Waals surface area contributed by atoms with Crippen molar-refractivity contribution in [3.05, 3.63) is 21.9 Å². The quantitative estimate of drug-likeness (QED) is 0.737. The van der Waals surface area contributed by atoms with E-state index >= 15 is 0 Å². The minimum Gasteiger partial charge on any atom is -0.333 e. The molecule has 8 heteroatoms. The van der Waals surface area contributed by atoms with Crippen LogP contribution in [0.3, 0.4) is 0 Å². The summed E-state index contributed by atoms with van der Waals surface area (Å²) in [7, 11) is 0. The monoisotopic (exact) mass is 291 g/mol. The smallest absolute Gasteiger partial charge is 0.333 e. The second-order valence-corrected chi connectivity index (χ2v) is 4.42. The Kier molecular flexibility index (Phi) is 5.66. The molecule has 2 amide bonds. The Hall–Kier alpha value is -1.72. The lowest BCUT2D eigenvalue weighted by atomic mass is 10.2. The first-order valence-corrected chi connectivity index (χ1v) is 6.14. The van der Waals surface area contributed by atoms with Gasteiger partial charge in [0.05, 0.1) is 13.1 Å². The number of alkyl halides is 3. The predicted molar refractivity (Wildman–Crippen MR) is 66.5 cm³/mol. The SMILES string of the molecule is NCC#Cc1ccsc1CNC(=O)NCC(F)(F)F. The fraction of sp³-hybridized carbons (Fsp3) is 0.364. The summed E-state index contributed by atoms with van der Waals surface area (Å²) in [6.45, 7) is -1.02. The Balaban J connectivity index is 2.44. The number of rotatable bonds is 3. The van der Waals surface area contributed by atoms with E-state index in [1.165, 1.54) is 11.3 Å². The summed E-state index contributed by atoms with van der Waals surface area (Å²) in [5.74, 6) is 5.49. The van der Waals surface area contributed by atoms with E-state index in [-0.39, 0.29) is 13.1 Å². The molecule has 104 valence electrons. The van der Waals surface area contributed by atoms with Crippen LogP contribution in [0.4, 0.5) is 18.0 Å². The largest absolute Gasteiger partial charge is 0.405 e. The van der Waals surface area contributed by atoms with Gasteiger partial charge < -0.3 is 16.4 Å². The molecule has 0 saturated carbocycles. The molecule has 1 rings (SSSR count). The molecule has 0 fully saturated rings. The highest BCUT2D eigenvalue weighted by Crippen LogP contribution is 2.15. The van der Waals surface area contributed by atoms with Crippen LogP contribution in [-0.2, 0) is 6.54 Å². The number of hydrogen-bond acceptors (Lipinski definition) is 3. The summed E-state index contributed by atoms with van der Waals surface area (Å²) in [5.41, 5.74) is 5.96. The van der Waals surface area contributed by atoms with Crippen molar-refractivity contribution >= 4 is 17.4 Å². The van der Waals surface area contributed by atoms with E-state index in [0.717, 1.165) is 4.88 Å². The molecule has 0 saturated heterocycles. The Morgan fingerprint density at radius 2 is 2.16 bits per heavy atom. The molecule has 0 bridgehead atoms. The molecule has 0 aliphatic heterocycles. The van der Waals surface area contributed by atoms with E-state index in [1.807, 2.05) is 0 Å². The van der Waals surface area contributed by atoms with Crippen LogP contribution in [0.1, 0.15) is 10.4 Å². The van der Waals surface area contributed by atoms with Crippen molar-refractivity contribution < 1.29 is 18.0 Å². The van der Waals surface area contributed by atoms with Gasteiger partial charge in [-0.3, -0.25) is 0 Å². The van der Waals surface area contributed by atoms with Crippen LogP contribution in [0.15, 0.2) is 11.4 Å². The first kappa shape index (κ1) is 15.3. The average Bonchev–Trinajstić information content (AvgIpc) is 2.77. The molecule has 0 aliphatic rings. The topological polar surface area (TPSA) is 67.1 Å². The highest BCUT2D eigenvalue weighted by molar-refractivity contribution is 7.10. The van der Waals surface area contributed by atoms with Crippen LogP contribution in [0.2, 0.25) is 0 Å². The molecule has 4 N–H and O–H groups in total. The summed E-state index contributed by atoms with van der Waals surface area (Å²) in [5, 5.41) is 5.84. The van der Waals surface area contributed by atoms with E-state index in [9.17, 15) is 18.0 Å². The fourth-order valence-corrected chi connectivity index (χ4v) is 1.91. The van der Waals surface area contributed by atoms with Crippen molar-refractivity contribution in [2.45, 2.75) is 12.7 Å². The molecule has 0 aromatic carbocycles. The molecule has 0 aliphatic carbocycles. The zero-order valence-electron chi connectivity index (χ0n) is 9.80. The number of halogens is 3. The van der Waals surface area contributed by atoms with Crippen LogP contribution in [0.25, 0.3) is 0 Å². The first-order valence-electron chi connectivity index (χ1n) is 5.26. The molecule has 4 nitrogen and oxygen atoms in total. The number of carbonyl (C=O) groups excluding carboxylic acids is 1.